The van der Waals surface area contributed by atoms with Crippen molar-refractivity contribution in [1.29, 1.82) is 0 Å². The van der Waals surface area contributed by atoms with Gasteiger partial charge in [0, 0.05) is 19.3 Å². The van der Waals surface area contributed by atoms with E-state index >= 15 is 0 Å². The number of anilines is 1. The zero-order valence-electron chi connectivity index (χ0n) is 7.87. The Balaban J connectivity index is 2.71. The molecule has 0 fully saturated rings. The van der Waals surface area contributed by atoms with Gasteiger partial charge in [-0.05, 0) is 25.1 Å². The summed E-state index contributed by atoms with van der Waals surface area (Å²) >= 11 is 0. The molecule has 1 rings (SSSR count). The maximum Gasteiger partial charge on any atom is 0.125 e. The zero-order valence-corrected chi connectivity index (χ0v) is 7.87. The van der Waals surface area contributed by atoms with Crippen LogP contribution >= 0.6 is 0 Å². The van der Waals surface area contributed by atoms with Crippen molar-refractivity contribution < 1.29 is 9.50 Å². The predicted molar refractivity (Wildman–Crippen MR) is 51.4 cm³/mol. The Morgan fingerprint density at radius 3 is 2.77 bits per heavy atom. The van der Waals surface area contributed by atoms with Gasteiger partial charge in [-0.15, -0.1) is 0 Å². The van der Waals surface area contributed by atoms with E-state index in [4.69, 9.17) is 5.11 Å². The fraction of sp³-hybridized carbons (Fsp3) is 0.400. The van der Waals surface area contributed by atoms with Crippen LogP contribution in [0, 0.1) is 5.82 Å². The molecule has 0 amide bonds. The lowest BCUT2D eigenvalue weighted by molar-refractivity contribution is 0.201. The van der Waals surface area contributed by atoms with Crippen molar-refractivity contribution in [3.63, 3.8) is 0 Å². The second-order valence-corrected chi connectivity index (χ2v) is 3.21. The van der Waals surface area contributed by atoms with Crippen LogP contribution in [-0.2, 0) is 0 Å². The van der Waals surface area contributed by atoms with Gasteiger partial charge in [0.1, 0.15) is 5.82 Å². The molecule has 72 valence electrons. The van der Waals surface area contributed by atoms with Crippen LogP contribution in [-0.4, -0.2) is 24.8 Å². The number of hydrogen-bond acceptors (Lipinski definition) is 2. The van der Waals surface area contributed by atoms with E-state index in [0.717, 1.165) is 5.69 Å². The van der Waals surface area contributed by atoms with Crippen molar-refractivity contribution in [3.05, 3.63) is 30.1 Å². The molecule has 0 saturated carbocycles. The van der Waals surface area contributed by atoms with E-state index in [0.29, 0.717) is 6.54 Å². The maximum atomic E-state index is 12.8. The largest absolute Gasteiger partial charge is 0.392 e. The smallest absolute Gasteiger partial charge is 0.125 e. The highest BCUT2D eigenvalue weighted by molar-refractivity contribution is 5.45. The van der Waals surface area contributed by atoms with Crippen LogP contribution in [0.3, 0.4) is 0 Å². The summed E-state index contributed by atoms with van der Waals surface area (Å²) in [5, 5.41) is 9.12. The SMILES string of the molecule is C[C@H](O)CN(C)c1cccc(F)c1. The van der Waals surface area contributed by atoms with Crippen LogP contribution in [0.1, 0.15) is 6.92 Å². The highest BCUT2D eigenvalue weighted by atomic mass is 19.1. The summed E-state index contributed by atoms with van der Waals surface area (Å²) in [6, 6.07) is 6.32. The predicted octanol–water partition coefficient (Wildman–Crippen LogP) is 1.64. The first-order valence-corrected chi connectivity index (χ1v) is 4.24. The molecule has 0 aliphatic heterocycles. The minimum atomic E-state index is -0.409. The Hall–Kier alpha value is -1.09. The van der Waals surface area contributed by atoms with Gasteiger partial charge in [0.2, 0.25) is 0 Å². The summed E-state index contributed by atoms with van der Waals surface area (Å²) < 4.78 is 12.8. The highest BCUT2D eigenvalue weighted by Crippen LogP contribution is 2.13. The van der Waals surface area contributed by atoms with E-state index in [1.165, 1.54) is 12.1 Å². The minimum absolute atomic E-state index is 0.255. The van der Waals surface area contributed by atoms with Gasteiger partial charge >= 0.3 is 0 Å². The summed E-state index contributed by atoms with van der Waals surface area (Å²) in [4.78, 5) is 1.81. The lowest BCUT2D eigenvalue weighted by Crippen LogP contribution is -2.26. The number of nitrogens with zero attached hydrogens (tertiary/aromatic N) is 1. The molecular weight excluding hydrogens is 169 g/mol. The molecule has 0 aromatic heterocycles. The Morgan fingerprint density at radius 1 is 1.54 bits per heavy atom. The summed E-state index contributed by atoms with van der Waals surface area (Å²) in [6.45, 7) is 2.21. The lowest BCUT2D eigenvalue weighted by Gasteiger charge is -2.20. The quantitative estimate of drug-likeness (QED) is 0.770. The second-order valence-electron chi connectivity index (χ2n) is 3.21. The number of aliphatic hydroxyl groups is 1. The number of aliphatic hydroxyl groups excluding tert-OH is 1. The first-order chi connectivity index (χ1) is 6.09. The van der Waals surface area contributed by atoms with Gasteiger partial charge in [0.25, 0.3) is 0 Å². The summed E-state index contributed by atoms with van der Waals surface area (Å²) in [6.07, 6.45) is -0.409. The number of likely N-dealkylation sites (N-methyl/N-ethyl adjacent to an activating group) is 1. The zero-order chi connectivity index (χ0) is 9.84. The molecule has 0 heterocycles. The molecule has 3 heteroatoms. The van der Waals surface area contributed by atoms with Crippen LogP contribution < -0.4 is 4.90 Å². The molecular formula is C10H14FNO. The minimum Gasteiger partial charge on any atom is -0.392 e. The Morgan fingerprint density at radius 2 is 2.23 bits per heavy atom. The average molecular weight is 183 g/mol. The number of hydrogen-bond donors (Lipinski definition) is 1. The first kappa shape index (κ1) is 9.99. The van der Waals surface area contributed by atoms with Gasteiger partial charge < -0.3 is 10.0 Å². The van der Waals surface area contributed by atoms with Crippen LogP contribution in [0.5, 0.6) is 0 Å². The molecule has 2 nitrogen and oxygen atoms in total. The first-order valence-electron chi connectivity index (χ1n) is 4.24. The summed E-state index contributed by atoms with van der Waals surface area (Å²) in [7, 11) is 1.82. The maximum absolute atomic E-state index is 12.8. The second kappa shape index (κ2) is 4.23. The van der Waals surface area contributed by atoms with E-state index < -0.39 is 6.10 Å². The van der Waals surface area contributed by atoms with E-state index in [-0.39, 0.29) is 5.82 Å². The van der Waals surface area contributed by atoms with Gasteiger partial charge in [-0.25, -0.2) is 4.39 Å². The van der Waals surface area contributed by atoms with Crippen LogP contribution in [0.2, 0.25) is 0 Å². The van der Waals surface area contributed by atoms with Gasteiger partial charge in [0.15, 0.2) is 0 Å². The van der Waals surface area contributed by atoms with E-state index in [9.17, 15) is 4.39 Å². The Kier molecular flexibility index (Phi) is 3.25. The van der Waals surface area contributed by atoms with Crippen molar-refractivity contribution >= 4 is 5.69 Å². The molecule has 0 aliphatic rings. The number of rotatable bonds is 3. The van der Waals surface area contributed by atoms with Crippen molar-refractivity contribution in [2.45, 2.75) is 13.0 Å². The Bertz CT molecular complexity index is 275. The van der Waals surface area contributed by atoms with Crippen molar-refractivity contribution in [1.82, 2.24) is 0 Å². The van der Waals surface area contributed by atoms with E-state index in [1.54, 1.807) is 13.0 Å². The molecule has 0 unspecified atom stereocenters. The van der Waals surface area contributed by atoms with Gasteiger partial charge in [-0.3, -0.25) is 0 Å². The summed E-state index contributed by atoms with van der Waals surface area (Å²) in [5.41, 5.74) is 0.779. The highest BCUT2D eigenvalue weighted by Gasteiger charge is 2.04. The fourth-order valence-corrected chi connectivity index (χ4v) is 1.22. The normalized spacial score (nSPS) is 12.6. The van der Waals surface area contributed by atoms with E-state index in [2.05, 4.69) is 0 Å². The molecule has 0 bridgehead atoms. The average Bonchev–Trinajstić information content (AvgIpc) is 2.03. The molecule has 1 N–H and O–H groups in total. The monoisotopic (exact) mass is 183 g/mol. The van der Waals surface area contributed by atoms with Crippen LogP contribution in [0.15, 0.2) is 24.3 Å². The number of benzene rings is 1. The molecule has 0 saturated heterocycles. The molecule has 0 spiro atoms. The Labute approximate surface area is 77.6 Å². The lowest BCUT2D eigenvalue weighted by atomic mass is 10.2. The van der Waals surface area contributed by atoms with Crippen LogP contribution in [0.4, 0.5) is 10.1 Å². The number of halogens is 1. The third-order valence-corrected chi connectivity index (χ3v) is 1.79. The van der Waals surface area contributed by atoms with Crippen molar-refractivity contribution in [3.8, 4) is 0 Å². The molecule has 0 aliphatic carbocycles. The molecule has 0 radical (unpaired) electrons. The molecule has 1 aromatic carbocycles. The summed E-state index contributed by atoms with van der Waals surface area (Å²) in [5.74, 6) is -0.255. The van der Waals surface area contributed by atoms with Gasteiger partial charge in [0.05, 0.1) is 6.10 Å². The van der Waals surface area contributed by atoms with Crippen molar-refractivity contribution in [2.75, 3.05) is 18.5 Å². The molecule has 1 aromatic rings. The standard InChI is InChI=1S/C10H14FNO/c1-8(13)7-12(2)10-5-3-4-9(11)6-10/h3-6,8,13H,7H2,1-2H3/t8-/m0/s1. The third kappa shape index (κ3) is 3.03. The molecule has 1 atom stereocenters. The van der Waals surface area contributed by atoms with Gasteiger partial charge in [-0.1, -0.05) is 6.07 Å². The van der Waals surface area contributed by atoms with E-state index in [1.807, 2.05) is 18.0 Å². The third-order valence-electron chi connectivity index (χ3n) is 1.79. The fourth-order valence-electron chi connectivity index (χ4n) is 1.22. The molecule has 13 heavy (non-hydrogen) atoms. The van der Waals surface area contributed by atoms with Gasteiger partial charge in [-0.2, -0.15) is 0 Å². The topological polar surface area (TPSA) is 23.5 Å². The van der Waals surface area contributed by atoms with Crippen LogP contribution in [0.25, 0.3) is 0 Å². The van der Waals surface area contributed by atoms with Crippen molar-refractivity contribution in [2.24, 2.45) is 0 Å².